The van der Waals surface area contributed by atoms with Crippen LogP contribution in [0.25, 0.3) is 0 Å². The lowest BCUT2D eigenvalue weighted by molar-refractivity contribution is -0.0729. The van der Waals surface area contributed by atoms with E-state index in [0.29, 0.717) is 6.61 Å². The van der Waals surface area contributed by atoms with Gasteiger partial charge in [-0.25, -0.2) is 0 Å². The first-order valence-corrected chi connectivity index (χ1v) is 5.53. The third-order valence-corrected chi connectivity index (χ3v) is 2.60. The number of hydrogen-bond acceptors (Lipinski definition) is 2. The van der Waals surface area contributed by atoms with Gasteiger partial charge in [-0.15, -0.1) is 0 Å². The Morgan fingerprint density at radius 3 is 2.47 bits per heavy atom. The summed E-state index contributed by atoms with van der Waals surface area (Å²) >= 11 is 0. The molecule has 15 heavy (non-hydrogen) atoms. The van der Waals surface area contributed by atoms with Crippen molar-refractivity contribution < 1.29 is 9.84 Å². The van der Waals surface area contributed by atoms with Crippen molar-refractivity contribution in [1.82, 2.24) is 0 Å². The van der Waals surface area contributed by atoms with Crippen LogP contribution >= 0.6 is 0 Å². The van der Waals surface area contributed by atoms with Crippen LogP contribution < -0.4 is 0 Å². The van der Waals surface area contributed by atoms with Crippen molar-refractivity contribution in [3.63, 3.8) is 0 Å². The lowest BCUT2D eigenvalue weighted by atomic mass is 9.97. The first-order valence-electron chi connectivity index (χ1n) is 5.53. The molecule has 0 aliphatic carbocycles. The van der Waals surface area contributed by atoms with Gasteiger partial charge in [0.05, 0.1) is 6.61 Å². The van der Waals surface area contributed by atoms with Crippen molar-refractivity contribution >= 4 is 0 Å². The Kier molecular flexibility index (Phi) is 4.79. The van der Waals surface area contributed by atoms with Crippen molar-refractivity contribution in [1.29, 1.82) is 0 Å². The second-order valence-electron chi connectivity index (χ2n) is 3.96. The van der Waals surface area contributed by atoms with E-state index in [2.05, 4.69) is 6.92 Å². The predicted octanol–water partition coefficient (Wildman–Crippen LogP) is 2.71. The number of aliphatic hydroxyl groups excluding tert-OH is 1. The molecule has 0 aliphatic heterocycles. The highest BCUT2D eigenvalue weighted by Gasteiger charge is 2.25. The van der Waals surface area contributed by atoms with Crippen LogP contribution in [-0.2, 0) is 10.3 Å². The first kappa shape index (κ1) is 12.2. The maximum atomic E-state index is 9.41. The highest BCUT2D eigenvalue weighted by molar-refractivity contribution is 5.21. The summed E-state index contributed by atoms with van der Waals surface area (Å²) in [5, 5.41) is 9.41. The van der Waals surface area contributed by atoms with Gasteiger partial charge in [-0.3, -0.25) is 0 Å². The fraction of sp³-hybridized carbons (Fsp3) is 0.538. The van der Waals surface area contributed by atoms with E-state index in [-0.39, 0.29) is 6.61 Å². The van der Waals surface area contributed by atoms with Gasteiger partial charge in [-0.2, -0.15) is 0 Å². The summed E-state index contributed by atoms with van der Waals surface area (Å²) in [4.78, 5) is 0. The largest absolute Gasteiger partial charge is 0.393 e. The molecule has 0 fully saturated rings. The lowest BCUT2D eigenvalue weighted by Crippen LogP contribution is -2.30. The normalized spacial score (nSPS) is 14.9. The summed E-state index contributed by atoms with van der Waals surface area (Å²) in [6.45, 7) is 4.77. The Labute approximate surface area is 91.9 Å². The van der Waals surface area contributed by atoms with Crippen LogP contribution in [0, 0.1) is 0 Å². The smallest absolute Gasteiger partial charge is 0.113 e. The zero-order valence-corrected chi connectivity index (χ0v) is 9.57. The molecule has 0 aromatic heterocycles. The number of rotatable bonds is 6. The number of unbranched alkanes of at least 4 members (excludes halogenated alkanes) is 1. The van der Waals surface area contributed by atoms with E-state index in [9.17, 15) is 5.11 Å². The molecule has 0 bridgehead atoms. The van der Waals surface area contributed by atoms with Crippen LogP contribution in [0.5, 0.6) is 0 Å². The van der Waals surface area contributed by atoms with E-state index in [1.807, 2.05) is 37.3 Å². The topological polar surface area (TPSA) is 29.5 Å². The minimum atomic E-state index is -0.559. The summed E-state index contributed by atoms with van der Waals surface area (Å²) in [7, 11) is 0. The molecule has 0 aliphatic rings. The van der Waals surface area contributed by atoms with Crippen LogP contribution in [0.3, 0.4) is 0 Å². The van der Waals surface area contributed by atoms with E-state index in [0.717, 1.165) is 18.4 Å². The van der Waals surface area contributed by atoms with Crippen LogP contribution in [0.4, 0.5) is 0 Å². The van der Waals surface area contributed by atoms with Gasteiger partial charge in [-0.1, -0.05) is 43.7 Å². The van der Waals surface area contributed by atoms with Gasteiger partial charge in [0.15, 0.2) is 0 Å². The van der Waals surface area contributed by atoms with Crippen molar-refractivity contribution in [3.05, 3.63) is 35.9 Å². The van der Waals surface area contributed by atoms with Gasteiger partial charge in [0.2, 0.25) is 0 Å². The van der Waals surface area contributed by atoms with Gasteiger partial charge in [0.25, 0.3) is 0 Å². The van der Waals surface area contributed by atoms with Crippen molar-refractivity contribution in [3.8, 4) is 0 Å². The number of ether oxygens (including phenoxy) is 1. The third-order valence-electron chi connectivity index (χ3n) is 2.60. The minimum Gasteiger partial charge on any atom is -0.393 e. The van der Waals surface area contributed by atoms with E-state index < -0.39 is 5.60 Å². The summed E-state index contributed by atoms with van der Waals surface area (Å²) in [5.74, 6) is 0. The van der Waals surface area contributed by atoms with Gasteiger partial charge in [0.1, 0.15) is 5.60 Å². The maximum Gasteiger partial charge on any atom is 0.113 e. The Balaban J connectivity index is 2.67. The van der Waals surface area contributed by atoms with E-state index >= 15 is 0 Å². The van der Waals surface area contributed by atoms with Crippen molar-refractivity contribution in [2.24, 2.45) is 0 Å². The summed E-state index contributed by atoms with van der Waals surface area (Å²) in [6.07, 6.45) is 2.14. The maximum absolute atomic E-state index is 9.41. The molecule has 2 heteroatoms. The third kappa shape index (κ3) is 3.33. The highest BCUT2D eigenvalue weighted by Crippen LogP contribution is 2.24. The standard InChI is InChI=1S/C13H20O2/c1-3-4-10-15-13(2,11-14)12-8-6-5-7-9-12/h5-9,14H,3-4,10-11H2,1-2H3. The lowest BCUT2D eigenvalue weighted by Gasteiger charge is -2.28. The minimum absolute atomic E-state index is 0.0146. The van der Waals surface area contributed by atoms with Crippen LogP contribution in [-0.4, -0.2) is 18.3 Å². The molecule has 1 aromatic rings. The van der Waals surface area contributed by atoms with Crippen LogP contribution in [0.1, 0.15) is 32.3 Å². The van der Waals surface area contributed by atoms with Crippen LogP contribution in [0.2, 0.25) is 0 Å². The van der Waals surface area contributed by atoms with E-state index in [1.165, 1.54) is 0 Å². The van der Waals surface area contributed by atoms with Gasteiger partial charge in [0, 0.05) is 6.61 Å². The molecular formula is C13H20O2. The van der Waals surface area contributed by atoms with Crippen LogP contribution in [0.15, 0.2) is 30.3 Å². The quantitative estimate of drug-likeness (QED) is 0.728. The molecule has 2 nitrogen and oxygen atoms in total. The second-order valence-corrected chi connectivity index (χ2v) is 3.96. The molecule has 1 atom stereocenters. The monoisotopic (exact) mass is 208 g/mol. The Morgan fingerprint density at radius 2 is 1.93 bits per heavy atom. The highest BCUT2D eigenvalue weighted by atomic mass is 16.5. The summed E-state index contributed by atoms with van der Waals surface area (Å²) in [6, 6.07) is 9.87. The van der Waals surface area contributed by atoms with E-state index in [1.54, 1.807) is 0 Å². The SMILES string of the molecule is CCCCOC(C)(CO)c1ccccc1. The molecule has 1 rings (SSSR count). The first-order chi connectivity index (χ1) is 7.23. The molecule has 0 saturated heterocycles. The number of benzene rings is 1. The molecule has 0 amide bonds. The molecule has 0 radical (unpaired) electrons. The Morgan fingerprint density at radius 1 is 1.27 bits per heavy atom. The molecule has 84 valence electrons. The fourth-order valence-electron chi connectivity index (χ4n) is 1.45. The average Bonchev–Trinajstić information content (AvgIpc) is 2.30. The van der Waals surface area contributed by atoms with Gasteiger partial charge < -0.3 is 9.84 Å². The molecule has 1 aromatic carbocycles. The number of aliphatic hydroxyl groups is 1. The molecule has 0 saturated carbocycles. The predicted molar refractivity (Wildman–Crippen MR) is 61.7 cm³/mol. The number of hydrogen-bond donors (Lipinski definition) is 1. The summed E-state index contributed by atoms with van der Waals surface area (Å²) < 4.78 is 5.76. The molecule has 0 spiro atoms. The second kappa shape index (κ2) is 5.89. The molecule has 0 heterocycles. The molecule has 1 N–H and O–H groups in total. The zero-order valence-electron chi connectivity index (χ0n) is 9.57. The molecule has 1 unspecified atom stereocenters. The summed E-state index contributed by atoms with van der Waals surface area (Å²) in [5.41, 5.74) is 0.472. The fourth-order valence-corrected chi connectivity index (χ4v) is 1.45. The zero-order chi connectivity index (χ0) is 11.1. The average molecular weight is 208 g/mol. The van der Waals surface area contributed by atoms with Gasteiger partial charge >= 0.3 is 0 Å². The molecular weight excluding hydrogens is 188 g/mol. The van der Waals surface area contributed by atoms with Gasteiger partial charge in [-0.05, 0) is 18.9 Å². The van der Waals surface area contributed by atoms with E-state index in [4.69, 9.17) is 4.74 Å². The van der Waals surface area contributed by atoms with Crippen molar-refractivity contribution in [2.45, 2.75) is 32.3 Å². The Bertz CT molecular complexity index is 271. The Hall–Kier alpha value is -0.860. The van der Waals surface area contributed by atoms with Crippen molar-refractivity contribution in [2.75, 3.05) is 13.2 Å².